The maximum absolute atomic E-state index is 12.8. The fraction of sp³-hybridized carbons (Fsp3) is 0.545. The minimum absolute atomic E-state index is 0.0453. The SMILES string of the molecule is CC(C)C[C@H](CC(=O)CNC(=O)c1cc(Cl)ccc1Cl)B1OC(=O)[C@H]2CNC[C@H](C(=O)O1)N2C. The molecule has 2 aliphatic rings. The lowest BCUT2D eigenvalue weighted by molar-refractivity contribution is -0.156. The van der Waals surface area contributed by atoms with Crippen molar-refractivity contribution in [2.24, 2.45) is 5.92 Å². The first kappa shape index (κ1) is 26.5. The van der Waals surface area contributed by atoms with Crippen molar-refractivity contribution in [3.63, 3.8) is 0 Å². The van der Waals surface area contributed by atoms with E-state index in [1.807, 2.05) is 13.8 Å². The minimum atomic E-state index is -1.18. The zero-order chi connectivity index (χ0) is 25.0. The molecule has 0 aromatic heterocycles. The van der Waals surface area contributed by atoms with Gasteiger partial charge in [-0.15, -0.1) is 0 Å². The van der Waals surface area contributed by atoms with Crippen molar-refractivity contribution < 1.29 is 28.5 Å². The van der Waals surface area contributed by atoms with E-state index in [4.69, 9.17) is 32.5 Å². The summed E-state index contributed by atoms with van der Waals surface area (Å²) in [6.07, 6.45) is 0.435. The average Bonchev–Trinajstić information content (AvgIpc) is 2.77. The van der Waals surface area contributed by atoms with Gasteiger partial charge >= 0.3 is 19.1 Å². The second-order valence-electron chi connectivity index (χ2n) is 9.04. The zero-order valence-corrected chi connectivity index (χ0v) is 20.8. The molecule has 2 heterocycles. The smallest absolute Gasteiger partial charge is 0.498 e. The highest BCUT2D eigenvalue weighted by molar-refractivity contribution is 6.51. The lowest BCUT2D eigenvalue weighted by Crippen LogP contribution is -2.64. The number of benzene rings is 1. The Bertz CT molecular complexity index is 937. The standard InChI is InChI=1S/C22H28BCl2N3O6/c1-12(2)6-13(7-15(29)9-27-20(30)16-8-14(24)4-5-17(16)25)23-33-21(31)18-10-26-11-19(28(18)3)22(32)34-23/h4-5,8,12-13,18-19,26H,6-7,9-11H2,1-3H3,(H,27,30)/t13-,18-,19-/m1/s1. The third-order valence-electron chi connectivity index (χ3n) is 5.94. The lowest BCUT2D eigenvalue weighted by Gasteiger charge is -2.40. The molecule has 0 saturated carbocycles. The normalized spacial score (nSPS) is 21.9. The second-order valence-corrected chi connectivity index (χ2v) is 9.88. The van der Waals surface area contributed by atoms with Gasteiger partial charge in [0.25, 0.3) is 5.91 Å². The quantitative estimate of drug-likeness (QED) is 0.509. The van der Waals surface area contributed by atoms with Crippen LogP contribution < -0.4 is 10.6 Å². The van der Waals surface area contributed by atoms with Crippen LogP contribution in [0.1, 0.15) is 37.0 Å². The van der Waals surface area contributed by atoms with Gasteiger partial charge < -0.3 is 19.9 Å². The Morgan fingerprint density at radius 2 is 1.79 bits per heavy atom. The molecule has 2 saturated heterocycles. The van der Waals surface area contributed by atoms with Gasteiger partial charge in [0.05, 0.1) is 17.1 Å². The number of hydrogen-bond acceptors (Lipinski definition) is 8. The summed E-state index contributed by atoms with van der Waals surface area (Å²) in [5.41, 5.74) is 0.160. The number of ketones is 1. The molecule has 2 N–H and O–H groups in total. The van der Waals surface area contributed by atoms with Crippen LogP contribution in [0.25, 0.3) is 0 Å². The van der Waals surface area contributed by atoms with Crippen LogP contribution in [0.4, 0.5) is 0 Å². The average molecular weight is 512 g/mol. The highest BCUT2D eigenvalue weighted by Gasteiger charge is 2.47. The number of fused-ring (bicyclic) bond motifs is 2. The number of carbonyl (C=O) groups excluding carboxylic acids is 4. The van der Waals surface area contributed by atoms with Crippen LogP contribution in [-0.4, -0.2) is 74.4 Å². The number of nitrogens with zero attached hydrogens (tertiary/aromatic N) is 1. The summed E-state index contributed by atoms with van der Waals surface area (Å²) in [4.78, 5) is 52.4. The summed E-state index contributed by atoms with van der Waals surface area (Å²) in [5, 5.41) is 6.15. The minimum Gasteiger partial charge on any atom is -0.498 e. The monoisotopic (exact) mass is 511 g/mol. The number of Topliss-reactive ketones (excluding diaryl/α,β-unsaturated/α-hetero) is 1. The molecule has 34 heavy (non-hydrogen) atoms. The summed E-state index contributed by atoms with van der Waals surface area (Å²) in [5.74, 6) is -2.27. The maximum atomic E-state index is 12.8. The summed E-state index contributed by atoms with van der Waals surface area (Å²) >= 11 is 12.0. The Kier molecular flexibility index (Phi) is 8.98. The largest absolute Gasteiger partial charge is 0.602 e. The Morgan fingerprint density at radius 3 is 2.38 bits per heavy atom. The zero-order valence-electron chi connectivity index (χ0n) is 19.3. The Hall–Kier alpha value is -2.14. The van der Waals surface area contributed by atoms with Crippen molar-refractivity contribution >= 4 is 53.9 Å². The molecule has 184 valence electrons. The van der Waals surface area contributed by atoms with E-state index in [0.29, 0.717) is 24.5 Å². The number of amides is 1. The number of piperazine rings is 1. The van der Waals surface area contributed by atoms with Crippen LogP contribution >= 0.6 is 23.2 Å². The van der Waals surface area contributed by atoms with E-state index in [0.717, 1.165) is 0 Å². The van der Waals surface area contributed by atoms with Crippen LogP contribution in [0.5, 0.6) is 0 Å². The molecular weight excluding hydrogens is 484 g/mol. The Labute approximate surface area is 208 Å². The van der Waals surface area contributed by atoms with Crippen LogP contribution in [0.15, 0.2) is 18.2 Å². The van der Waals surface area contributed by atoms with Gasteiger partial charge in [-0.2, -0.15) is 0 Å². The fourth-order valence-electron chi connectivity index (χ4n) is 4.17. The molecule has 2 aliphatic heterocycles. The molecule has 0 unspecified atom stereocenters. The number of hydrogen-bond donors (Lipinski definition) is 2. The summed E-state index contributed by atoms with van der Waals surface area (Å²) in [6.45, 7) is 4.37. The first-order valence-corrected chi connectivity index (χ1v) is 11.9. The number of halogens is 2. The van der Waals surface area contributed by atoms with Gasteiger partial charge in [-0.05, 0) is 37.6 Å². The number of nitrogens with one attached hydrogen (secondary N) is 2. The molecule has 1 aromatic rings. The van der Waals surface area contributed by atoms with Crippen molar-refractivity contribution in [2.45, 2.75) is 44.6 Å². The first-order chi connectivity index (χ1) is 16.1. The molecule has 3 rings (SSSR count). The predicted molar refractivity (Wildman–Crippen MR) is 128 cm³/mol. The van der Waals surface area contributed by atoms with E-state index in [1.165, 1.54) is 12.1 Å². The summed E-state index contributed by atoms with van der Waals surface area (Å²) < 4.78 is 11.1. The summed E-state index contributed by atoms with van der Waals surface area (Å²) in [7, 11) is 0.504. The van der Waals surface area contributed by atoms with Crippen molar-refractivity contribution in [1.82, 2.24) is 15.5 Å². The molecule has 1 amide bonds. The molecular formula is C22H28BCl2N3O6. The van der Waals surface area contributed by atoms with E-state index >= 15 is 0 Å². The van der Waals surface area contributed by atoms with Gasteiger partial charge in [0, 0.05) is 30.4 Å². The Morgan fingerprint density at radius 1 is 1.18 bits per heavy atom. The molecule has 1 aromatic carbocycles. The Balaban J connectivity index is 1.68. The van der Waals surface area contributed by atoms with Gasteiger partial charge in [-0.3, -0.25) is 24.1 Å². The molecule has 12 heteroatoms. The maximum Gasteiger partial charge on any atom is 0.602 e. The molecule has 0 radical (unpaired) electrons. The highest BCUT2D eigenvalue weighted by Crippen LogP contribution is 2.29. The van der Waals surface area contributed by atoms with Gasteiger partial charge in [-0.1, -0.05) is 37.0 Å². The van der Waals surface area contributed by atoms with Crippen molar-refractivity contribution in [1.29, 1.82) is 0 Å². The number of likely N-dealkylation sites (N-methyl/N-ethyl adjacent to an activating group) is 1. The summed E-state index contributed by atoms with van der Waals surface area (Å²) in [6, 6.07) is 3.24. The second kappa shape index (κ2) is 11.5. The number of carbonyl (C=O) groups is 4. The van der Waals surface area contributed by atoms with E-state index in [2.05, 4.69) is 10.6 Å². The molecule has 0 spiro atoms. The molecule has 3 atom stereocenters. The van der Waals surface area contributed by atoms with Crippen LogP contribution in [0.3, 0.4) is 0 Å². The van der Waals surface area contributed by atoms with Crippen LogP contribution in [-0.2, 0) is 23.7 Å². The third-order valence-corrected chi connectivity index (χ3v) is 6.50. The fourth-order valence-corrected chi connectivity index (χ4v) is 4.55. The molecule has 0 aliphatic carbocycles. The molecule has 9 nitrogen and oxygen atoms in total. The van der Waals surface area contributed by atoms with Crippen molar-refractivity contribution in [3.8, 4) is 0 Å². The van der Waals surface area contributed by atoms with E-state index in [-0.39, 0.29) is 35.3 Å². The number of rotatable bonds is 8. The van der Waals surface area contributed by atoms with Gasteiger partial charge in [-0.25, -0.2) is 0 Å². The van der Waals surface area contributed by atoms with Gasteiger partial charge in [0.1, 0.15) is 12.1 Å². The predicted octanol–water partition coefficient (Wildman–Crippen LogP) is 1.96. The van der Waals surface area contributed by atoms with Gasteiger partial charge in [0.15, 0.2) is 5.78 Å². The lowest BCUT2D eigenvalue weighted by atomic mass is 9.65. The van der Waals surface area contributed by atoms with Gasteiger partial charge in [0.2, 0.25) is 0 Å². The van der Waals surface area contributed by atoms with Crippen molar-refractivity contribution in [2.75, 3.05) is 26.7 Å². The highest BCUT2D eigenvalue weighted by atomic mass is 35.5. The molecule has 2 bridgehead atoms. The topological polar surface area (TPSA) is 114 Å². The van der Waals surface area contributed by atoms with Crippen LogP contribution in [0, 0.1) is 5.92 Å². The van der Waals surface area contributed by atoms with E-state index < -0.39 is 42.9 Å². The van der Waals surface area contributed by atoms with E-state index in [1.54, 1.807) is 18.0 Å². The first-order valence-electron chi connectivity index (χ1n) is 11.2. The van der Waals surface area contributed by atoms with Crippen molar-refractivity contribution in [3.05, 3.63) is 33.8 Å². The van der Waals surface area contributed by atoms with E-state index in [9.17, 15) is 19.2 Å². The molecule has 2 fully saturated rings. The third kappa shape index (κ3) is 6.50. The van der Waals surface area contributed by atoms with Crippen LogP contribution in [0.2, 0.25) is 15.9 Å².